The third-order valence-electron chi connectivity index (χ3n) is 4.28. The SMILES string of the molecule is COc1cccc2c(-c3cn(Cc4ccn(CC(C)(C)O)n4)nn3)nc(N)nc12. The predicted octanol–water partition coefficient (Wildman–Crippen LogP) is 1.49. The van der Waals surface area contributed by atoms with Gasteiger partial charge in [0.1, 0.15) is 22.7 Å². The fraction of sp³-hybridized carbons (Fsp3) is 0.316. The first kappa shape index (κ1) is 18.8. The van der Waals surface area contributed by atoms with Crippen molar-refractivity contribution in [2.24, 2.45) is 0 Å². The highest BCUT2D eigenvalue weighted by Crippen LogP contribution is 2.30. The number of anilines is 1. The molecule has 0 amide bonds. The standard InChI is InChI=1S/C19H22N8O2/c1-19(2,28)11-26-8-7-12(24-26)9-27-10-14(23-25-27)16-13-5-4-6-15(29-3)17(13)22-18(20)21-16/h4-8,10,28H,9,11H2,1-3H3,(H2,20,21,22). The van der Waals surface area contributed by atoms with E-state index in [4.69, 9.17) is 10.5 Å². The highest BCUT2D eigenvalue weighted by Gasteiger charge is 2.16. The number of hydrogen-bond acceptors (Lipinski definition) is 8. The van der Waals surface area contributed by atoms with Gasteiger partial charge in [-0.1, -0.05) is 17.3 Å². The van der Waals surface area contributed by atoms with E-state index in [1.807, 2.05) is 30.5 Å². The molecule has 0 aliphatic heterocycles. The monoisotopic (exact) mass is 394 g/mol. The lowest BCUT2D eigenvalue weighted by Gasteiger charge is -2.16. The van der Waals surface area contributed by atoms with Crippen molar-refractivity contribution in [2.45, 2.75) is 32.5 Å². The van der Waals surface area contributed by atoms with Gasteiger partial charge in [0.2, 0.25) is 5.95 Å². The smallest absolute Gasteiger partial charge is 0.221 e. The summed E-state index contributed by atoms with van der Waals surface area (Å²) in [5.41, 5.74) is 7.66. The number of nitrogens with zero attached hydrogens (tertiary/aromatic N) is 7. The molecule has 4 aromatic rings. The summed E-state index contributed by atoms with van der Waals surface area (Å²) in [5.74, 6) is 0.750. The van der Waals surface area contributed by atoms with Gasteiger partial charge in [-0.2, -0.15) is 5.10 Å². The van der Waals surface area contributed by atoms with Crippen molar-refractivity contribution in [1.29, 1.82) is 0 Å². The van der Waals surface area contributed by atoms with Crippen molar-refractivity contribution < 1.29 is 9.84 Å². The van der Waals surface area contributed by atoms with Crippen LogP contribution in [0.2, 0.25) is 0 Å². The van der Waals surface area contributed by atoms with Gasteiger partial charge in [-0.15, -0.1) is 5.10 Å². The molecule has 0 saturated heterocycles. The summed E-state index contributed by atoms with van der Waals surface area (Å²) < 4.78 is 8.76. The van der Waals surface area contributed by atoms with E-state index < -0.39 is 5.60 Å². The minimum absolute atomic E-state index is 0.136. The van der Waals surface area contributed by atoms with E-state index in [0.29, 0.717) is 35.7 Å². The molecule has 29 heavy (non-hydrogen) atoms. The van der Waals surface area contributed by atoms with Gasteiger partial charge in [0.05, 0.1) is 37.7 Å². The Hall–Kier alpha value is -3.53. The van der Waals surface area contributed by atoms with Crippen LogP contribution in [-0.2, 0) is 13.1 Å². The van der Waals surface area contributed by atoms with Crippen molar-refractivity contribution in [3.05, 3.63) is 42.4 Å². The molecule has 0 saturated carbocycles. The largest absolute Gasteiger partial charge is 0.494 e. The second-order valence-corrected chi connectivity index (χ2v) is 7.41. The zero-order chi connectivity index (χ0) is 20.6. The molecular weight excluding hydrogens is 372 g/mol. The van der Waals surface area contributed by atoms with Gasteiger partial charge in [-0.3, -0.25) is 4.68 Å². The van der Waals surface area contributed by atoms with Crippen molar-refractivity contribution in [1.82, 2.24) is 34.7 Å². The average Bonchev–Trinajstić information content (AvgIpc) is 3.29. The van der Waals surface area contributed by atoms with E-state index in [9.17, 15) is 5.11 Å². The molecule has 0 unspecified atom stereocenters. The zero-order valence-corrected chi connectivity index (χ0v) is 16.4. The Balaban J connectivity index is 1.63. The molecule has 0 atom stereocenters. The van der Waals surface area contributed by atoms with Crippen LogP contribution in [0.15, 0.2) is 36.7 Å². The van der Waals surface area contributed by atoms with E-state index in [-0.39, 0.29) is 5.95 Å². The average molecular weight is 394 g/mol. The highest BCUT2D eigenvalue weighted by molar-refractivity contribution is 5.95. The summed E-state index contributed by atoms with van der Waals surface area (Å²) in [6.07, 6.45) is 3.62. The lowest BCUT2D eigenvalue weighted by atomic mass is 10.1. The molecule has 0 radical (unpaired) electrons. The number of fused-ring (bicyclic) bond motifs is 1. The minimum Gasteiger partial charge on any atom is -0.494 e. The zero-order valence-electron chi connectivity index (χ0n) is 16.4. The Morgan fingerprint density at radius 1 is 1.17 bits per heavy atom. The van der Waals surface area contributed by atoms with E-state index in [0.717, 1.165) is 11.1 Å². The van der Waals surface area contributed by atoms with Gasteiger partial charge in [0, 0.05) is 11.6 Å². The van der Waals surface area contributed by atoms with Crippen molar-refractivity contribution in [2.75, 3.05) is 12.8 Å². The van der Waals surface area contributed by atoms with Gasteiger partial charge >= 0.3 is 0 Å². The Kier molecular flexibility index (Phi) is 4.63. The number of nitrogens with two attached hydrogens (primary N) is 1. The quantitative estimate of drug-likeness (QED) is 0.503. The van der Waals surface area contributed by atoms with Crippen LogP contribution in [0.4, 0.5) is 5.95 Å². The molecule has 10 nitrogen and oxygen atoms in total. The number of aliphatic hydroxyl groups is 1. The van der Waals surface area contributed by atoms with Crippen LogP contribution >= 0.6 is 0 Å². The first-order valence-electron chi connectivity index (χ1n) is 9.08. The van der Waals surface area contributed by atoms with E-state index in [1.165, 1.54) is 0 Å². The van der Waals surface area contributed by atoms with Gasteiger partial charge in [0.15, 0.2) is 0 Å². The molecule has 3 heterocycles. The van der Waals surface area contributed by atoms with Crippen molar-refractivity contribution >= 4 is 16.9 Å². The number of nitrogen functional groups attached to an aromatic ring is 1. The summed E-state index contributed by atoms with van der Waals surface area (Å²) in [4.78, 5) is 8.65. The van der Waals surface area contributed by atoms with Crippen molar-refractivity contribution in [3.63, 3.8) is 0 Å². The van der Waals surface area contributed by atoms with E-state index in [1.54, 1.807) is 36.5 Å². The molecule has 3 aromatic heterocycles. The van der Waals surface area contributed by atoms with Crippen LogP contribution in [0.1, 0.15) is 19.5 Å². The molecule has 1 aromatic carbocycles. The maximum atomic E-state index is 9.93. The number of para-hydroxylation sites is 1. The summed E-state index contributed by atoms with van der Waals surface area (Å²) in [6.45, 7) is 4.33. The molecule has 0 spiro atoms. The third-order valence-corrected chi connectivity index (χ3v) is 4.28. The molecule has 0 aliphatic carbocycles. The summed E-state index contributed by atoms with van der Waals surface area (Å²) in [7, 11) is 1.58. The second-order valence-electron chi connectivity index (χ2n) is 7.41. The van der Waals surface area contributed by atoms with E-state index in [2.05, 4.69) is 25.4 Å². The number of ether oxygens (including phenoxy) is 1. The van der Waals surface area contributed by atoms with Crippen LogP contribution in [0.5, 0.6) is 5.75 Å². The summed E-state index contributed by atoms with van der Waals surface area (Å²) in [5, 5.41) is 23.6. The number of methoxy groups -OCH3 is 1. The topological polar surface area (TPSA) is 130 Å². The fourth-order valence-corrected chi connectivity index (χ4v) is 3.13. The molecule has 3 N–H and O–H groups in total. The minimum atomic E-state index is -0.835. The van der Waals surface area contributed by atoms with Gasteiger partial charge in [-0.05, 0) is 26.0 Å². The molecule has 0 fully saturated rings. The molecule has 0 bridgehead atoms. The molecular formula is C19H22N8O2. The molecule has 150 valence electrons. The number of rotatable bonds is 6. The normalized spacial score (nSPS) is 11.9. The third kappa shape index (κ3) is 4.02. The first-order valence-corrected chi connectivity index (χ1v) is 9.08. The van der Waals surface area contributed by atoms with Crippen LogP contribution in [0.3, 0.4) is 0 Å². The lowest BCUT2D eigenvalue weighted by molar-refractivity contribution is 0.0576. The molecule has 0 aliphatic rings. The maximum Gasteiger partial charge on any atom is 0.221 e. The van der Waals surface area contributed by atoms with E-state index >= 15 is 0 Å². The lowest BCUT2D eigenvalue weighted by Crippen LogP contribution is -2.26. The van der Waals surface area contributed by atoms with Gasteiger partial charge < -0.3 is 15.6 Å². The second kappa shape index (κ2) is 7.13. The van der Waals surface area contributed by atoms with Crippen LogP contribution in [-0.4, -0.2) is 52.6 Å². The Labute approximate surface area is 167 Å². The van der Waals surface area contributed by atoms with Gasteiger partial charge in [0.25, 0.3) is 0 Å². The van der Waals surface area contributed by atoms with Crippen LogP contribution < -0.4 is 10.5 Å². The molecule has 10 heteroatoms. The van der Waals surface area contributed by atoms with Crippen LogP contribution in [0, 0.1) is 0 Å². The summed E-state index contributed by atoms with van der Waals surface area (Å²) in [6, 6.07) is 7.46. The van der Waals surface area contributed by atoms with Crippen LogP contribution in [0.25, 0.3) is 22.3 Å². The Morgan fingerprint density at radius 3 is 2.76 bits per heavy atom. The fourth-order valence-electron chi connectivity index (χ4n) is 3.13. The Morgan fingerprint density at radius 2 is 2.00 bits per heavy atom. The number of hydrogen-bond donors (Lipinski definition) is 2. The molecule has 4 rings (SSSR count). The number of aromatic nitrogens is 7. The predicted molar refractivity (Wildman–Crippen MR) is 107 cm³/mol. The maximum absolute atomic E-state index is 9.93. The highest BCUT2D eigenvalue weighted by atomic mass is 16.5. The first-order chi connectivity index (χ1) is 13.8. The summed E-state index contributed by atoms with van der Waals surface area (Å²) >= 11 is 0. The Bertz CT molecular complexity index is 1160. The van der Waals surface area contributed by atoms with Crippen molar-refractivity contribution in [3.8, 4) is 17.1 Å². The number of benzene rings is 1. The van der Waals surface area contributed by atoms with Gasteiger partial charge in [-0.25, -0.2) is 14.6 Å².